The number of rotatable bonds is 2. The molecule has 4 nitrogen and oxygen atoms in total. The highest BCUT2D eigenvalue weighted by Gasteiger charge is 2.27. The molecule has 44 heavy (non-hydrogen) atoms. The lowest BCUT2D eigenvalue weighted by Crippen LogP contribution is -2.03. The van der Waals surface area contributed by atoms with E-state index < -0.39 is 0 Å². The highest BCUT2D eigenvalue weighted by molar-refractivity contribution is 6.38. The second kappa shape index (κ2) is 7.88. The Balaban J connectivity index is 1.37. The van der Waals surface area contributed by atoms with Gasteiger partial charge in [0.05, 0.1) is 22.1 Å². The largest absolute Gasteiger partial charge is 0.456 e. The van der Waals surface area contributed by atoms with Crippen molar-refractivity contribution in [1.82, 2.24) is 14.5 Å². The highest BCUT2D eigenvalue weighted by atomic mass is 16.3. The minimum absolute atomic E-state index is 0.823. The van der Waals surface area contributed by atoms with E-state index >= 15 is 0 Å². The van der Waals surface area contributed by atoms with E-state index in [1.54, 1.807) is 0 Å². The van der Waals surface area contributed by atoms with Crippen molar-refractivity contribution < 1.29 is 4.42 Å². The highest BCUT2D eigenvalue weighted by Crippen LogP contribution is 2.51. The molecule has 0 aliphatic heterocycles. The summed E-state index contributed by atoms with van der Waals surface area (Å²) < 4.78 is 8.82. The molecule has 0 fully saturated rings. The lowest BCUT2D eigenvalue weighted by atomic mass is 9.95. The third kappa shape index (κ3) is 2.73. The molecule has 1 aliphatic carbocycles. The molecule has 0 N–H and O–H groups in total. The fraction of sp³-hybridized carbons (Fsp3) is 0. The van der Waals surface area contributed by atoms with Gasteiger partial charge in [0.1, 0.15) is 16.9 Å². The molecule has 1 aliphatic rings. The van der Waals surface area contributed by atoms with Gasteiger partial charge < -0.3 is 4.42 Å². The van der Waals surface area contributed by atoms with Crippen molar-refractivity contribution in [2.45, 2.75) is 0 Å². The lowest BCUT2D eigenvalue weighted by molar-refractivity contribution is 0.669. The summed E-state index contributed by atoms with van der Waals surface area (Å²) in [4.78, 5) is 10.7. The van der Waals surface area contributed by atoms with Crippen molar-refractivity contribution in [2.75, 3.05) is 0 Å². The summed E-state index contributed by atoms with van der Waals surface area (Å²) in [6, 6.07) is 45.1. The predicted octanol–water partition coefficient (Wildman–Crippen LogP) is 10.6. The molecule has 0 unspecified atom stereocenters. The van der Waals surface area contributed by atoms with Crippen LogP contribution in [0.5, 0.6) is 0 Å². The summed E-state index contributed by atoms with van der Waals surface area (Å²) in [5, 5.41) is 9.66. The molecule has 3 heterocycles. The van der Waals surface area contributed by atoms with Gasteiger partial charge in [0.25, 0.3) is 0 Å². The molecule has 4 heteroatoms. The van der Waals surface area contributed by atoms with Crippen molar-refractivity contribution >= 4 is 76.3 Å². The van der Waals surface area contributed by atoms with Crippen molar-refractivity contribution in [2.24, 2.45) is 0 Å². The Morgan fingerprint density at radius 2 is 1.11 bits per heavy atom. The van der Waals surface area contributed by atoms with Crippen LogP contribution in [-0.2, 0) is 0 Å². The first-order valence-electron chi connectivity index (χ1n) is 14.9. The first kappa shape index (κ1) is 22.6. The summed E-state index contributed by atoms with van der Waals surface area (Å²) in [6.45, 7) is 0. The Hall–Kier alpha value is -6.00. The predicted molar refractivity (Wildman–Crippen MR) is 181 cm³/mol. The van der Waals surface area contributed by atoms with Crippen molar-refractivity contribution in [3.8, 4) is 28.2 Å². The molecule has 0 atom stereocenters. The zero-order valence-electron chi connectivity index (χ0n) is 23.4. The van der Waals surface area contributed by atoms with Gasteiger partial charge in [-0.15, -0.1) is 0 Å². The smallest absolute Gasteiger partial charge is 0.165 e. The first-order valence-corrected chi connectivity index (χ1v) is 14.9. The van der Waals surface area contributed by atoms with Crippen LogP contribution in [0.2, 0.25) is 0 Å². The Morgan fingerprint density at radius 1 is 0.455 bits per heavy atom. The van der Waals surface area contributed by atoms with Gasteiger partial charge in [0.2, 0.25) is 0 Å². The monoisotopic (exact) mass is 559 g/mol. The van der Waals surface area contributed by atoms with Crippen molar-refractivity contribution in [3.63, 3.8) is 0 Å². The van der Waals surface area contributed by atoms with E-state index in [2.05, 4.69) is 114 Å². The molecule has 0 bridgehead atoms. The maximum atomic E-state index is 6.48. The average molecular weight is 560 g/mol. The normalized spacial score (nSPS) is 12.5. The minimum atomic E-state index is 0.823. The Labute approximate surface area is 250 Å². The van der Waals surface area contributed by atoms with Crippen LogP contribution in [0.25, 0.3) is 105 Å². The van der Waals surface area contributed by atoms with Crippen LogP contribution in [0.1, 0.15) is 0 Å². The number of furan rings is 1. The summed E-state index contributed by atoms with van der Waals surface area (Å²) in [7, 11) is 0. The van der Waals surface area contributed by atoms with E-state index in [0.717, 1.165) is 50.3 Å². The molecule has 202 valence electrons. The zero-order chi connectivity index (χ0) is 28.5. The van der Waals surface area contributed by atoms with Gasteiger partial charge in [-0.1, -0.05) is 84.9 Å². The number of benzene rings is 7. The molecular formula is C40H21N3O. The Bertz CT molecular complexity index is 2890. The third-order valence-electron chi connectivity index (χ3n) is 9.47. The number of hydrogen-bond donors (Lipinski definition) is 0. The van der Waals surface area contributed by atoms with Crippen LogP contribution in [0.4, 0.5) is 0 Å². The van der Waals surface area contributed by atoms with Crippen LogP contribution >= 0.6 is 0 Å². The minimum Gasteiger partial charge on any atom is -0.456 e. The van der Waals surface area contributed by atoms with Gasteiger partial charge >= 0.3 is 0 Å². The van der Waals surface area contributed by atoms with Crippen LogP contribution in [-0.4, -0.2) is 14.5 Å². The fourth-order valence-corrected chi connectivity index (χ4v) is 7.63. The van der Waals surface area contributed by atoms with Gasteiger partial charge in [-0.2, -0.15) is 0 Å². The first-order chi connectivity index (χ1) is 21.8. The average Bonchev–Trinajstić information content (AvgIpc) is 3.58. The second-order valence-corrected chi connectivity index (χ2v) is 11.8. The Morgan fingerprint density at radius 3 is 2.00 bits per heavy atom. The summed E-state index contributed by atoms with van der Waals surface area (Å²) in [5.74, 6) is 0.823. The van der Waals surface area contributed by atoms with Gasteiger partial charge in [0.15, 0.2) is 5.82 Å². The van der Waals surface area contributed by atoms with Gasteiger partial charge in [-0.25, -0.2) is 9.97 Å². The summed E-state index contributed by atoms with van der Waals surface area (Å²) in [5.41, 5.74) is 10.1. The molecule has 0 saturated heterocycles. The van der Waals surface area contributed by atoms with E-state index in [1.807, 2.05) is 18.2 Å². The van der Waals surface area contributed by atoms with E-state index in [1.165, 1.54) is 54.2 Å². The van der Waals surface area contributed by atoms with Crippen LogP contribution in [0.15, 0.2) is 132 Å². The van der Waals surface area contributed by atoms with Crippen LogP contribution in [0, 0.1) is 0 Å². The fourth-order valence-electron chi connectivity index (χ4n) is 7.63. The number of fused-ring (bicyclic) bond motifs is 3. The molecule has 11 rings (SSSR count). The van der Waals surface area contributed by atoms with Crippen LogP contribution in [0.3, 0.4) is 0 Å². The van der Waals surface area contributed by atoms with Crippen molar-refractivity contribution in [1.29, 1.82) is 0 Å². The van der Waals surface area contributed by atoms with E-state index in [0.29, 0.717) is 0 Å². The number of para-hydroxylation sites is 2. The van der Waals surface area contributed by atoms with Gasteiger partial charge in [0, 0.05) is 27.1 Å². The molecule has 10 aromatic rings. The third-order valence-corrected chi connectivity index (χ3v) is 9.47. The maximum Gasteiger partial charge on any atom is 0.165 e. The topological polar surface area (TPSA) is 43.9 Å². The standard InChI is InChI=1S/C40H21N3O/c1-2-8-24-21-25(16-15-22(24)7-1)39-40(42-29-13-4-3-12-28(29)41-39)43-30-18-17-23-9-5-10-26-27-11-6-14-32-35(27)38-33(44-32)20-19-31(43)37(38)36(30)34(23)26/h1-21H. The molecular weight excluding hydrogens is 538 g/mol. The number of aromatic nitrogens is 3. The molecule has 7 aromatic carbocycles. The number of nitrogens with zero attached hydrogens (tertiary/aromatic N) is 3. The molecule has 0 amide bonds. The van der Waals surface area contributed by atoms with Gasteiger partial charge in [-0.05, 0) is 75.1 Å². The summed E-state index contributed by atoms with van der Waals surface area (Å²) in [6.07, 6.45) is 0. The summed E-state index contributed by atoms with van der Waals surface area (Å²) >= 11 is 0. The molecule has 3 aromatic heterocycles. The Kier molecular flexibility index (Phi) is 4.04. The molecule has 0 saturated carbocycles. The SMILES string of the molecule is c1ccc2cc(-c3nc4ccccc4nc3-n3c4ccc5cccc6c5c4c4c5c(ccc43)oc3cccc-6c35)ccc2c1. The lowest BCUT2D eigenvalue weighted by Gasteiger charge is -2.15. The van der Waals surface area contributed by atoms with E-state index in [-0.39, 0.29) is 0 Å². The molecule has 0 radical (unpaired) electrons. The molecule has 0 spiro atoms. The van der Waals surface area contributed by atoms with Crippen LogP contribution < -0.4 is 0 Å². The number of hydrogen-bond acceptors (Lipinski definition) is 3. The quantitative estimate of drug-likeness (QED) is 0.212. The maximum absolute atomic E-state index is 6.48. The van der Waals surface area contributed by atoms with E-state index in [9.17, 15) is 0 Å². The second-order valence-electron chi connectivity index (χ2n) is 11.8. The van der Waals surface area contributed by atoms with E-state index in [4.69, 9.17) is 14.4 Å². The zero-order valence-corrected chi connectivity index (χ0v) is 23.4. The van der Waals surface area contributed by atoms with Crippen molar-refractivity contribution in [3.05, 3.63) is 127 Å². The van der Waals surface area contributed by atoms with Gasteiger partial charge in [-0.3, -0.25) is 4.57 Å².